The molecule has 94 valence electrons. The molecule has 3 nitrogen and oxygen atoms in total. The first-order valence-corrected chi connectivity index (χ1v) is 6.77. The molecule has 1 fully saturated rings. The van der Waals surface area contributed by atoms with Crippen molar-refractivity contribution in [2.24, 2.45) is 0 Å². The minimum absolute atomic E-state index is 0.491. The number of piperidine rings is 1. The largest absolute Gasteiger partial charge is 0.445 e. The zero-order valence-electron chi connectivity index (χ0n) is 10.1. The molecule has 4 heteroatoms. The van der Waals surface area contributed by atoms with Crippen molar-refractivity contribution in [1.82, 2.24) is 4.98 Å². The minimum atomic E-state index is 0.491. The zero-order chi connectivity index (χ0) is 12.4. The Morgan fingerprint density at radius 1 is 1.28 bits per heavy atom. The molecular formula is C14H16N2OS. The van der Waals surface area contributed by atoms with E-state index in [1.54, 1.807) is 12.5 Å². The first-order valence-electron chi connectivity index (χ1n) is 6.26. The Morgan fingerprint density at radius 2 is 2.11 bits per heavy atom. The van der Waals surface area contributed by atoms with Crippen molar-refractivity contribution in [1.29, 1.82) is 0 Å². The SMILES string of the molecule is SC1CCCN(c2ccc(-c3ncco3)cc2)C1. The molecule has 1 aromatic heterocycles. The van der Waals surface area contributed by atoms with Crippen LogP contribution in [0.1, 0.15) is 12.8 Å². The highest BCUT2D eigenvalue weighted by Gasteiger charge is 2.17. The van der Waals surface area contributed by atoms with Crippen LogP contribution in [0.4, 0.5) is 5.69 Å². The van der Waals surface area contributed by atoms with Gasteiger partial charge in [-0.25, -0.2) is 4.98 Å². The first kappa shape index (κ1) is 11.7. The van der Waals surface area contributed by atoms with Crippen molar-refractivity contribution < 1.29 is 4.42 Å². The summed E-state index contributed by atoms with van der Waals surface area (Å²) in [6, 6.07) is 8.38. The van der Waals surface area contributed by atoms with E-state index in [-0.39, 0.29) is 0 Å². The summed E-state index contributed by atoms with van der Waals surface area (Å²) in [6.07, 6.45) is 5.70. The van der Waals surface area contributed by atoms with Gasteiger partial charge in [-0.15, -0.1) is 0 Å². The van der Waals surface area contributed by atoms with Gasteiger partial charge in [0, 0.05) is 29.6 Å². The number of oxazole rings is 1. The highest BCUT2D eigenvalue weighted by molar-refractivity contribution is 7.81. The Bertz CT molecular complexity index is 495. The van der Waals surface area contributed by atoms with Gasteiger partial charge < -0.3 is 9.32 Å². The van der Waals surface area contributed by atoms with Gasteiger partial charge in [-0.1, -0.05) is 0 Å². The molecule has 1 unspecified atom stereocenters. The Labute approximate surface area is 112 Å². The third kappa shape index (κ3) is 2.38. The Kier molecular flexibility index (Phi) is 3.28. The number of anilines is 1. The summed E-state index contributed by atoms with van der Waals surface area (Å²) < 4.78 is 5.29. The molecule has 1 saturated heterocycles. The lowest BCUT2D eigenvalue weighted by Crippen LogP contribution is -2.35. The van der Waals surface area contributed by atoms with Crippen molar-refractivity contribution in [3.8, 4) is 11.5 Å². The highest BCUT2D eigenvalue weighted by Crippen LogP contribution is 2.25. The highest BCUT2D eigenvalue weighted by atomic mass is 32.1. The summed E-state index contributed by atoms with van der Waals surface area (Å²) in [6.45, 7) is 2.15. The second-order valence-corrected chi connectivity index (χ2v) is 5.36. The number of thiol groups is 1. The predicted octanol–water partition coefficient (Wildman–Crippen LogP) is 3.24. The van der Waals surface area contributed by atoms with E-state index in [2.05, 4.69) is 46.8 Å². The van der Waals surface area contributed by atoms with Gasteiger partial charge in [0.2, 0.25) is 5.89 Å². The molecule has 2 heterocycles. The predicted molar refractivity (Wildman–Crippen MR) is 76.2 cm³/mol. The molecular weight excluding hydrogens is 244 g/mol. The van der Waals surface area contributed by atoms with Gasteiger partial charge in [0.05, 0.1) is 6.20 Å². The summed E-state index contributed by atoms with van der Waals surface area (Å²) in [7, 11) is 0. The lowest BCUT2D eigenvalue weighted by molar-refractivity contribution is 0.574. The quantitative estimate of drug-likeness (QED) is 0.841. The average Bonchev–Trinajstić information content (AvgIpc) is 2.93. The molecule has 1 aromatic carbocycles. The molecule has 0 N–H and O–H groups in total. The molecule has 0 spiro atoms. The van der Waals surface area contributed by atoms with Crippen LogP contribution in [0.2, 0.25) is 0 Å². The maximum Gasteiger partial charge on any atom is 0.225 e. The molecule has 1 atom stereocenters. The minimum Gasteiger partial charge on any atom is -0.445 e. The summed E-state index contributed by atoms with van der Waals surface area (Å²) >= 11 is 4.57. The number of benzene rings is 1. The van der Waals surface area contributed by atoms with Crippen molar-refractivity contribution >= 4 is 18.3 Å². The van der Waals surface area contributed by atoms with Crippen LogP contribution in [0.3, 0.4) is 0 Å². The zero-order valence-corrected chi connectivity index (χ0v) is 11.0. The molecule has 2 aromatic rings. The molecule has 0 amide bonds. The van der Waals surface area contributed by atoms with Crippen molar-refractivity contribution in [2.45, 2.75) is 18.1 Å². The van der Waals surface area contributed by atoms with Crippen molar-refractivity contribution in [2.75, 3.05) is 18.0 Å². The molecule has 0 saturated carbocycles. The smallest absolute Gasteiger partial charge is 0.225 e. The van der Waals surface area contributed by atoms with Gasteiger partial charge in [0.15, 0.2) is 0 Å². The van der Waals surface area contributed by atoms with Crippen LogP contribution < -0.4 is 4.90 Å². The third-order valence-corrected chi connectivity index (χ3v) is 3.73. The van der Waals surface area contributed by atoms with E-state index in [0.717, 1.165) is 18.7 Å². The lowest BCUT2D eigenvalue weighted by atomic mass is 10.1. The fourth-order valence-corrected chi connectivity index (χ4v) is 2.75. The lowest BCUT2D eigenvalue weighted by Gasteiger charge is -2.32. The molecule has 0 bridgehead atoms. The van der Waals surface area contributed by atoms with Crippen LogP contribution in [0.5, 0.6) is 0 Å². The molecule has 1 aliphatic rings. The molecule has 1 aliphatic heterocycles. The normalized spacial score (nSPS) is 20.1. The summed E-state index contributed by atoms with van der Waals surface area (Å²) in [5, 5.41) is 0.491. The van der Waals surface area contributed by atoms with Crippen LogP contribution in [-0.4, -0.2) is 23.3 Å². The molecule has 0 radical (unpaired) electrons. The van der Waals surface area contributed by atoms with Gasteiger partial charge in [0.1, 0.15) is 6.26 Å². The van der Waals surface area contributed by atoms with Crippen LogP contribution in [-0.2, 0) is 0 Å². The Balaban J connectivity index is 1.78. The van der Waals surface area contributed by atoms with Gasteiger partial charge in [-0.3, -0.25) is 0 Å². The molecule has 0 aliphatic carbocycles. The number of hydrogen-bond donors (Lipinski definition) is 1. The van der Waals surface area contributed by atoms with Crippen LogP contribution >= 0.6 is 12.6 Å². The summed E-state index contributed by atoms with van der Waals surface area (Å²) in [5.41, 5.74) is 2.27. The number of aromatic nitrogens is 1. The van der Waals surface area contributed by atoms with Gasteiger partial charge in [0.25, 0.3) is 0 Å². The van der Waals surface area contributed by atoms with Crippen LogP contribution in [0.25, 0.3) is 11.5 Å². The topological polar surface area (TPSA) is 29.3 Å². The van der Waals surface area contributed by atoms with E-state index < -0.39 is 0 Å². The van der Waals surface area contributed by atoms with Crippen LogP contribution in [0.15, 0.2) is 41.1 Å². The fraction of sp³-hybridized carbons (Fsp3) is 0.357. The summed E-state index contributed by atoms with van der Waals surface area (Å²) in [4.78, 5) is 6.54. The Hall–Kier alpha value is -1.42. The summed E-state index contributed by atoms with van der Waals surface area (Å²) in [5.74, 6) is 0.673. The first-order chi connectivity index (χ1) is 8.83. The van der Waals surface area contributed by atoms with E-state index in [9.17, 15) is 0 Å². The molecule has 18 heavy (non-hydrogen) atoms. The Morgan fingerprint density at radius 3 is 2.78 bits per heavy atom. The second-order valence-electron chi connectivity index (χ2n) is 4.63. The third-order valence-electron chi connectivity index (χ3n) is 3.31. The number of hydrogen-bond acceptors (Lipinski definition) is 4. The van der Waals surface area contributed by atoms with E-state index in [4.69, 9.17) is 4.42 Å². The standard InChI is InChI=1S/C14H16N2OS/c18-13-2-1-8-16(10-13)12-5-3-11(4-6-12)14-15-7-9-17-14/h3-7,9,13,18H,1-2,8,10H2. The monoisotopic (exact) mass is 260 g/mol. The van der Waals surface area contributed by atoms with Gasteiger partial charge in [-0.2, -0.15) is 12.6 Å². The van der Waals surface area contributed by atoms with Gasteiger partial charge in [-0.05, 0) is 37.1 Å². The maximum atomic E-state index is 5.29. The van der Waals surface area contributed by atoms with Crippen LogP contribution in [0, 0.1) is 0 Å². The van der Waals surface area contributed by atoms with Crippen molar-refractivity contribution in [3.63, 3.8) is 0 Å². The van der Waals surface area contributed by atoms with E-state index in [0.29, 0.717) is 11.1 Å². The number of nitrogens with zero attached hydrogens (tertiary/aromatic N) is 2. The van der Waals surface area contributed by atoms with Crippen molar-refractivity contribution in [3.05, 3.63) is 36.7 Å². The van der Waals surface area contributed by atoms with E-state index in [1.807, 2.05) is 0 Å². The fourth-order valence-electron chi connectivity index (χ4n) is 2.37. The van der Waals surface area contributed by atoms with E-state index >= 15 is 0 Å². The van der Waals surface area contributed by atoms with Gasteiger partial charge >= 0.3 is 0 Å². The second kappa shape index (κ2) is 5.06. The average molecular weight is 260 g/mol. The van der Waals surface area contributed by atoms with E-state index in [1.165, 1.54) is 18.5 Å². The maximum absolute atomic E-state index is 5.29. The molecule has 3 rings (SSSR count). The number of rotatable bonds is 2.